The lowest BCUT2D eigenvalue weighted by molar-refractivity contribution is -0.136. The molecule has 0 saturated carbocycles. The van der Waals surface area contributed by atoms with Crippen LogP contribution in [0, 0.1) is 0 Å². The molecule has 1 saturated heterocycles. The number of methoxy groups -OCH3 is 1. The molecule has 2 N–H and O–H groups in total. The Morgan fingerprint density at radius 1 is 1.53 bits per heavy atom. The predicted octanol–water partition coefficient (Wildman–Crippen LogP) is 0.124. The molecular weight excluding hydrogens is 198 g/mol. The number of ether oxygens (including phenoxy) is 2. The third-order valence-electron chi connectivity index (χ3n) is 3.12. The Labute approximate surface area is 88.1 Å². The Morgan fingerprint density at radius 2 is 2.20 bits per heavy atom. The molecule has 0 amide bonds. The molecule has 1 fully saturated rings. The van der Waals surface area contributed by atoms with E-state index in [2.05, 4.69) is 10.1 Å². The van der Waals surface area contributed by atoms with E-state index in [1.165, 1.54) is 7.11 Å². The summed E-state index contributed by atoms with van der Waals surface area (Å²) in [6.45, 7) is 1.58. The second-order valence-corrected chi connectivity index (χ2v) is 3.87. The van der Waals surface area contributed by atoms with Crippen LogP contribution in [0.1, 0.15) is 12.8 Å². The van der Waals surface area contributed by atoms with Gasteiger partial charge < -0.3 is 19.9 Å². The van der Waals surface area contributed by atoms with Crippen LogP contribution >= 0.6 is 0 Å². The fraction of sp³-hybridized carbons (Fsp3) is 0.700. The topological polar surface area (TPSA) is 67.8 Å². The summed E-state index contributed by atoms with van der Waals surface area (Å²) in [4.78, 5) is 11.3. The van der Waals surface area contributed by atoms with Crippen molar-refractivity contribution in [2.45, 2.75) is 18.4 Å². The lowest BCUT2D eigenvalue weighted by Gasteiger charge is -2.33. The van der Waals surface area contributed by atoms with Crippen LogP contribution in [0.2, 0.25) is 0 Å². The van der Waals surface area contributed by atoms with Crippen LogP contribution in [0.3, 0.4) is 0 Å². The maximum Gasteiger partial charge on any atom is 0.338 e. The lowest BCUT2D eigenvalue weighted by Crippen LogP contribution is -2.47. The van der Waals surface area contributed by atoms with Crippen molar-refractivity contribution in [1.29, 1.82) is 0 Å². The average molecular weight is 213 g/mol. The Morgan fingerprint density at radius 3 is 2.80 bits per heavy atom. The van der Waals surface area contributed by atoms with E-state index in [1.54, 1.807) is 0 Å². The number of aliphatic hydroxyl groups excluding tert-OH is 1. The van der Waals surface area contributed by atoms with Gasteiger partial charge in [-0.15, -0.1) is 0 Å². The molecule has 0 aromatic heterocycles. The van der Waals surface area contributed by atoms with E-state index in [4.69, 9.17) is 4.74 Å². The molecule has 84 valence electrons. The summed E-state index contributed by atoms with van der Waals surface area (Å²) < 4.78 is 9.85. The first kappa shape index (κ1) is 10.4. The van der Waals surface area contributed by atoms with E-state index in [0.717, 1.165) is 0 Å². The summed E-state index contributed by atoms with van der Waals surface area (Å²) in [6.07, 6.45) is 1.39. The van der Waals surface area contributed by atoms with Gasteiger partial charge in [-0.1, -0.05) is 0 Å². The number of carbonyl (C=O) groups excluding carboxylic acids is 1. The highest BCUT2D eigenvalue weighted by atomic mass is 16.5. The molecule has 0 aliphatic carbocycles. The van der Waals surface area contributed by atoms with Gasteiger partial charge in [-0.05, 0) is 12.8 Å². The van der Waals surface area contributed by atoms with Crippen molar-refractivity contribution < 1.29 is 19.4 Å². The molecule has 0 unspecified atom stereocenters. The average Bonchev–Trinajstić information content (AvgIpc) is 2.58. The molecule has 15 heavy (non-hydrogen) atoms. The summed E-state index contributed by atoms with van der Waals surface area (Å²) in [5.74, 6) is -0.319. The van der Waals surface area contributed by atoms with Gasteiger partial charge in [-0.2, -0.15) is 0 Å². The first-order valence-electron chi connectivity index (χ1n) is 5.03. The molecule has 1 spiro atoms. The van der Waals surface area contributed by atoms with Crippen molar-refractivity contribution >= 4 is 5.97 Å². The summed E-state index contributed by atoms with van der Waals surface area (Å²) in [5, 5.41) is 13.2. The summed E-state index contributed by atoms with van der Waals surface area (Å²) in [5.41, 5.74) is -0.110. The zero-order valence-electron chi connectivity index (χ0n) is 8.71. The molecule has 0 radical (unpaired) electrons. The zero-order valence-corrected chi connectivity index (χ0v) is 8.71. The summed E-state index contributed by atoms with van der Waals surface area (Å²) in [6, 6.07) is 0. The molecule has 0 aromatic carbocycles. The van der Waals surface area contributed by atoms with Crippen LogP contribution in [0.25, 0.3) is 0 Å². The molecule has 0 aromatic rings. The Kier molecular flexibility index (Phi) is 2.67. The fourth-order valence-corrected chi connectivity index (χ4v) is 2.14. The van der Waals surface area contributed by atoms with E-state index in [-0.39, 0.29) is 5.76 Å². The van der Waals surface area contributed by atoms with Gasteiger partial charge in [0.1, 0.15) is 5.76 Å². The van der Waals surface area contributed by atoms with Gasteiger partial charge in [0, 0.05) is 19.8 Å². The third kappa shape index (κ3) is 1.61. The minimum atomic E-state index is -0.457. The Balaban J connectivity index is 2.23. The molecular formula is C10H15NO4. The summed E-state index contributed by atoms with van der Waals surface area (Å²) >= 11 is 0. The van der Waals surface area contributed by atoms with Crippen LogP contribution in [0.5, 0.6) is 0 Å². The molecule has 5 heteroatoms. The number of hydrogen-bond donors (Lipinski definition) is 2. The number of carbonyl (C=O) groups is 1. The van der Waals surface area contributed by atoms with E-state index in [0.29, 0.717) is 38.2 Å². The van der Waals surface area contributed by atoms with Gasteiger partial charge in [0.15, 0.2) is 0 Å². The zero-order chi connectivity index (χ0) is 10.9. The number of aliphatic hydroxyl groups is 1. The third-order valence-corrected chi connectivity index (χ3v) is 3.12. The molecule has 2 heterocycles. The SMILES string of the molecule is COC(=O)C1=C(O)C2(CCOCC2)NC1. The normalized spacial score (nSPS) is 24.6. The van der Waals surface area contributed by atoms with Gasteiger partial charge >= 0.3 is 5.97 Å². The highest BCUT2D eigenvalue weighted by Crippen LogP contribution is 2.33. The largest absolute Gasteiger partial charge is 0.510 e. The monoisotopic (exact) mass is 213 g/mol. The fourth-order valence-electron chi connectivity index (χ4n) is 2.14. The highest BCUT2D eigenvalue weighted by molar-refractivity contribution is 5.90. The maximum atomic E-state index is 11.3. The van der Waals surface area contributed by atoms with Crippen LogP contribution in [-0.4, -0.2) is 43.5 Å². The molecule has 2 aliphatic rings. The lowest BCUT2D eigenvalue weighted by atomic mass is 9.89. The molecule has 5 nitrogen and oxygen atoms in total. The molecule has 0 atom stereocenters. The minimum absolute atomic E-state index is 0.137. The first-order chi connectivity index (χ1) is 7.19. The quantitative estimate of drug-likeness (QED) is 0.606. The van der Waals surface area contributed by atoms with Gasteiger partial charge in [-0.25, -0.2) is 4.79 Å². The second kappa shape index (κ2) is 3.83. The van der Waals surface area contributed by atoms with Crippen molar-refractivity contribution in [2.75, 3.05) is 26.9 Å². The highest BCUT2D eigenvalue weighted by Gasteiger charge is 2.44. The maximum absolute atomic E-state index is 11.3. The Hall–Kier alpha value is -1.07. The van der Waals surface area contributed by atoms with E-state index < -0.39 is 11.5 Å². The summed E-state index contributed by atoms with van der Waals surface area (Å²) in [7, 11) is 1.32. The van der Waals surface area contributed by atoms with Gasteiger partial charge in [0.05, 0.1) is 18.2 Å². The van der Waals surface area contributed by atoms with Crippen LogP contribution in [0.4, 0.5) is 0 Å². The Bertz CT molecular complexity index is 305. The molecule has 2 aliphatic heterocycles. The number of esters is 1. The van der Waals surface area contributed by atoms with Crippen LogP contribution < -0.4 is 5.32 Å². The number of hydrogen-bond acceptors (Lipinski definition) is 5. The van der Waals surface area contributed by atoms with Crippen molar-refractivity contribution in [2.24, 2.45) is 0 Å². The second-order valence-electron chi connectivity index (χ2n) is 3.87. The van der Waals surface area contributed by atoms with Crippen molar-refractivity contribution in [3.05, 3.63) is 11.3 Å². The van der Waals surface area contributed by atoms with E-state index in [1.807, 2.05) is 0 Å². The minimum Gasteiger partial charge on any atom is -0.510 e. The smallest absolute Gasteiger partial charge is 0.338 e. The van der Waals surface area contributed by atoms with Crippen LogP contribution in [-0.2, 0) is 14.3 Å². The van der Waals surface area contributed by atoms with Crippen molar-refractivity contribution in [3.63, 3.8) is 0 Å². The van der Waals surface area contributed by atoms with Crippen molar-refractivity contribution in [3.8, 4) is 0 Å². The van der Waals surface area contributed by atoms with Gasteiger partial charge in [-0.3, -0.25) is 0 Å². The van der Waals surface area contributed by atoms with Crippen molar-refractivity contribution in [1.82, 2.24) is 5.32 Å². The predicted molar refractivity (Wildman–Crippen MR) is 52.5 cm³/mol. The van der Waals surface area contributed by atoms with Crippen LogP contribution in [0.15, 0.2) is 11.3 Å². The molecule has 2 rings (SSSR count). The van der Waals surface area contributed by atoms with Gasteiger partial charge in [0.2, 0.25) is 0 Å². The van der Waals surface area contributed by atoms with E-state index >= 15 is 0 Å². The number of nitrogens with one attached hydrogen (secondary N) is 1. The number of rotatable bonds is 1. The standard InChI is InChI=1S/C10H15NO4/c1-14-9(13)7-6-11-10(8(7)12)2-4-15-5-3-10/h11-12H,2-6H2,1H3. The van der Waals surface area contributed by atoms with Gasteiger partial charge in [0.25, 0.3) is 0 Å². The molecule has 0 bridgehead atoms. The first-order valence-corrected chi connectivity index (χ1v) is 5.03. The van der Waals surface area contributed by atoms with E-state index in [9.17, 15) is 9.90 Å².